The van der Waals surface area contributed by atoms with Crippen LogP contribution in [0.3, 0.4) is 0 Å². The van der Waals surface area contributed by atoms with Gasteiger partial charge in [-0.15, -0.1) is 0 Å². The number of carbonyl (C=O) groups is 1. The molecular weight excluding hydrogens is 308 g/mol. The maximum Gasteiger partial charge on any atom is 0.336 e. The first-order valence-electron chi connectivity index (χ1n) is 8.27. The summed E-state index contributed by atoms with van der Waals surface area (Å²) >= 11 is 0. The first kappa shape index (κ1) is 16.6. The van der Waals surface area contributed by atoms with Gasteiger partial charge in [-0.25, -0.2) is 4.79 Å². The minimum Gasteiger partial charge on any atom is -0.484 e. The fourth-order valence-electron chi connectivity index (χ4n) is 2.85. The molecule has 3 rings (SSSR count). The number of fused-ring (bicyclic) bond motifs is 3. The van der Waals surface area contributed by atoms with Gasteiger partial charge in [0.2, 0.25) is 0 Å². The predicted molar refractivity (Wildman–Crippen MR) is 90.2 cm³/mol. The standard InChI is InChI=1S/C19H22O5/c1-5-11(2)18(21)22-15-10-13-14(24-19(15,3)4)8-6-12-7-9-16(20)23-17(12)13/h6-9,11,15H,5,10H2,1-4H3/t11-,15+/m1/s1. The summed E-state index contributed by atoms with van der Waals surface area (Å²) in [5.74, 6) is 0.273. The van der Waals surface area contributed by atoms with Crippen LogP contribution in [0.5, 0.6) is 5.75 Å². The van der Waals surface area contributed by atoms with Gasteiger partial charge in [0, 0.05) is 23.4 Å². The third-order valence-corrected chi connectivity index (χ3v) is 4.66. The van der Waals surface area contributed by atoms with E-state index in [2.05, 4.69) is 0 Å². The van der Waals surface area contributed by atoms with Gasteiger partial charge >= 0.3 is 11.6 Å². The van der Waals surface area contributed by atoms with Gasteiger partial charge in [-0.3, -0.25) is 4.79 Å². The normalized spacial score (nSPS) is 20.1. The molecule has 5 heteroatoms. The van der Waals surface area contributed by atoms with Crippen LogP contribution in [-0.2, 0) is 16.0 Å². The molecule has 2 heterocycles. The molecule has 2 atom stereocenters. The highest BCUT2D eigenvalue weighted by molar-refractivity contribution is 5.82. The fourth-order valence-corrected chi connectivity index (χ4v) is 2.85. The van der Waals surface area contributed by atoms with Crippen molar-refractivity contribution in [2.24, 2.45) is 5.92 Å². The molecule has 0 amide bonds. The zero-order valence-electron chi connectivity index (χ0n) is 14.4. The van der Waals surface area contributed by atoms with Crippen LogP contribution in [0.1, 0.15) is 39.7 Å². The largest absolute Gasteiger partial charge is 0.484 e. The Bertz CT molecular complexity index is 833. The average Bonchev–Trinajstić information content (AvgIpc) is 2.54. The monoisotopic (exact) mass is 330 g/mol. The van der Waals surface area contributed by atoms with Crippen molar-refractivity contribution in [2.45, 2.75) is 52.2 Å². The molecule has 5 nitrogen and oxygen atoms in total. The zero-order chi connectivity index (χ0) is 17.5. The van der Waals surface area contributed by atoms with Crippen LogP contribution < -0.4 is 10.4 Å². The summed E-state index contributed by atoms with van der Waals surface area (Å²) < 4.78 is 17.1. The molecule has 24 heavy (non-hydrogen) atoms. The second kappa shape index (κ2) is 5.96. The minimum atomic E-state index is -0.654. The van der Waals surface area contributed by atoms with Gasteiger partial charge in [-0.05, 0) is 38.5 Å². The van der Waals surface area contributed by atoms with E-state index in [1.807, 2.05) is 39.8 Å². The van der Waals surface area contributed by atoms with E-state index in [9.17, 15) is 9.59 Å². The van der Waals surface area contributed by atoms with E-state index in [1.54, 1.807) is 6.07 Å². The fraction of sp³-hybridized carbons (Fsp3) is 0.474. The molecule has 0 radical (unpaired) electrons. The number of ether oxygens (including phenoxy) is 2. The molecular formula is C19H22O5. The average molecular weight is 330 g/mol. The Hall–Kier alpha value is -2.30. The quantitative estimate of drug-likeness (QED) is 0.637. The van der Waals surface area contributed by atoms with Gasteiger partial charge in [0.1, 0.15) is 23.0 Å². The molecule has 0 unspecified atom stereocenters. The minimum absolute atomic E-state index is 0.160. The van der Waals surface area contributed by atoms with Crippen molar-refractivity contribution in [1.29, 1.82) is 0 Å². The van der Waals surface area contributed by atoms with Gasteiger partial charge in [0.25, 0.3) is 0 Å². The number of hydrogen-bond acceptors (Lipinski definition) is 5. The third-order valence-electron chi connectivity index (χ3n) is 4.66. The molecule has 1 aromatic heterocycles. The Kier molecular flexibility index (Phi) is 4.11. The summed E-state index contributed by atoms with van der Waals surface area (Å²) in [6.45, 7) is 7.60. The van der Waals surface area contributed by atoms with Crippen LogP contribution in [0, 0.1) is 5.92 Å². The van der Waals surface area contributed by atoms with Crippen molar-refractivity contribution < 1.29 is 18.7 Å². The number of carbonyl (C=O) groups excluding carboxylic acids is 1. The lowest BCUT2D eigenvalue weighted by Gasteiger charge is -2.39. The van der Waals surface area contributed by atoms with Gasteiger partial charge in [0.15, 0.2) is 0 Å². The maximum atomic E-state index is 12.2. The summed E-state index contributed by atoms with van der Waals surface area (Å²) in [6.07, 6.45) is 0.735. The Morgan fingerprint density at radius 3 is 2.75 bits per heavy atom. The SMILES string of the molecule is CC[C@@H](C)C(=O)O[C@H]1Cc2c(ccc3ccc(=O)oc23)OC1(C)C. The highest BCUT2D eigenvalue weighted by Crippen LogP contribution is 2.38. The van der Waals surface area contributed by atoms with Crippen LogP contribution in [-0.4, -0.2) is 17.7 Å². The predicted octanol–water partition coefficient (Wildman–Crippen LogP) is 3.46. The first-order valence-corrected chi connectivity index (χ1v) is 8.27. The molecule has 128 valence electrons. The second-order valence-corrected chi connectivity index (χ2v) is 6.86. The molecule has 0 spiro atoms. The summed E-state index contributed by atoms with van der Waals surface area (Å²) in [7, 11) is 0. The van der Waals surface area contributed by atoms with Crippen LogP contribution >= 0.6 is 0 Å². The van der Waals surface area contributed by atoms with Crippen molar-refractivity contribution in [3.8, 4) is 5.75 Å². The molecule has 2 aromatic rings. The van der Waals surface area contributed by atoms with E-state index in [4.69, 9.17) is 13.9 Å². The molecule has 1 aromatic carbocycles. The van der Waals surface area contributed by atoms with E-state index in [-0.39, 0.29) is 11.9 Å². The van der Waals surface area contributed by atoms with E-state index >= 15 is 0 Å². The lowest BCUT2D eigenvalue weighted by molar-refractivity contribution is -0.165. The van der Waals surface area contributed by atoms with Crippen molar-refractivity contribution in [2.75, 3.05) is 0 Å². The Balaban J connectivity index is 2.01. The molecule has 0 bridgehead atoms. The Labute approximate surface area is 140 Å². The maximum absolute atomic E-state index is 12.2. The van der Waals surface area contributed by atoms with E-state index in [0.29, 0.717) is 17.8 Å². The summed E-state index contributed by atoms with van der Waals surface area (Å²) in [6, 6.07) is 6.84. The Morgan fingerprint density at radius 2 is 2.04 bits per heavy atom. The van der Waals surface area contributed by atoms with Crippen LogP contribution in [0.4, 0.5) is 0 Å². The molecule has 0 saturated carbocycles. The lowest BCUT2D eigenvalue weighted by Crippen LogP contribution is -2.49. The van der Waals surface area contributed by atoms with Gasteiger partial charge in [-0.1, -0.05) is 13.8 Å². The zero-order valence-corrected chi connectivity index (χ0v) is 14.4. The van der Waals surface area contributed by atoms with E-state index in [0.717, 1.165) is 17.4 Å². The van der Waals surface area contributed by atoms with Crippen LogP contribution in [0.25, 0.3) is 11.0 Å². The smallest absolute Gasteiger partial charge is 0.336 e. The molecule has 0 fully saturated rings. The van der Waals surface area contributed by atoms with Gasteiger partial charge in [-0.2, -0.15) is 0 Å². The molecule has 1 aliphatic heterocycles. The van der Waals surface area contributed by atoms with E-state index < -0.39 is 17.3 Å². The van der Waals surface area contributed by atoms with Gasteiger partial charge < -0.3 is 13.9 Å². The third kappa shape index (κ3) is 2.90. The molecule has 0 aliphatic carbocycles. The molecule has 0 saturated heterocycles. The van der Waals surface area contributed by atoms with Crippen LogP contribution in [0.15, 0.2) is 33.5 Å². The highest BCUT2D eigenvalue weighted by Gasteiger charge is 2.41. The van der Waals surface area contributed by atoms with Crippen LogP contribution in [0.2, 0.25) is 0 Å². The molecule has 1 aliphatic rings. The topological polar surface area (TPSA) is 65.7 Å². The number of esters is 1. The van der Waals surface area contributed by atoms with Crippen molar-refractivity contribution in [1.82, 2.24) is 0 Å². The second-order valence-electron chi connectivity index (χ2n) is 6.86. The number of hydrogen-bond donors (Lipinski definition) is 0. The number of rotatable bonds is 3. The van der Waals surface area contributed by atoms with E-state index in [1.165, 1.54) is 6.07 Å². The highest BCUT2D eigenvalue weighted by atomic mass is 16.6. The summed E-state index contributed by atoms with van der Waals surface area (Å²) in [5, 5.41) is 0.823. The number of benzene rings is 1. The first-order chi connectivity index (χ1) is 11.3. The van der Waals surface area contributed by atoms with Crippen molar-refractivity contribution in [3.05, 3.63) is 40.2 Å². The molecule has 0 N–H and O–H groups in total. The summed E-state index contributed by atoms with van der Waals surface area (Å²) in [5.41, 5.74) is 0.208. The van der Waals surface area contributed by atoms with Gasteiger partial charge in [0.05, 0.1) is 5.92 Å². The summed E-state index contributed by atoms with van der Waals surface area (Å²) in [4.78, 5) is 23.8. The van der Waals surface area contributed by atoms with Crippen molar-refractivity contribution in [3.63, 3.8) is 0 Å². The lowest BCUT2D eigenvalue weighted by atomic mass is 9.89. The van der Waals surface area contributed by atoms with Crippen molar-refractivity contribution >= 4 is 16.9 Å². The Morgan fingerprint density at radius 1 is 1.33 bits per heavy atom.